The summed E-state index contributed by atoms with van der Waals surface area (Å²) in [5, 5.41) is 0. The maximum atomic E-state index is 12.8. The van der Waals surface area contributed by atoms with E-state index in [-0.39, 0.29) is 17.5 Å². The number of aryl methyl sites for hydroxylation is 2. The highest BCUT2D eigenvalue weighted by Gasteiger charge is 2.21. The lowest BCUT2D eigenvalue weighted by Gasteiger charge is -2.25. The Balaban J connectivity index is 2.84. The molecule has 21 heavy (non-hydrogen) atoms. The van der Waals surface area contributed by atoms with Crippen molar-refractivity contribution >= 4 is 0 Å². The van der Waals surface area contributed by atoms with Gasteiger partial charge in [0.15, 0.2) is 0 Å². The SMILES string of the molecule is Cc1cc(C)cc(-n2c(C(C)(C)C)ccc(CN)c2=O)c1. The maximum absolute atomic E-state index is 12.8. The van der Waals surface area contributed by atoms with Gasteiger partial charge in [-0.25, -0.2) is 0 Å². The van der Waals surface area contributed by atoms with Gasteiger partial charge in [-0.3, -0.25) is 9.36 Å². The maximum Gasteiger partial charge on any atom is 0.259 e. The molecule has 0 bridgehead atoms. The average molecular weight is 284 g/mol. The van der Waals surface area contributed by atoms with Crippen LogP contribution < -0.4 is 11.3 Å². The standard InChI is InChI=1S/C18H24N2O/c1-12-8-13(2)10-15(9-12)20-16(18(3,4)5)7-6-14(11-19)17(20)21/h6-10H,11,19H2,1-5H3. The Morgan fingerprint density at radius 2 is 1.62 bits per heavy atom. The monoisotopic (exact) mass is 284 g/mol. The van der Waals surface area contributed by atoms with E-state index in [2.05, 4.69) is 26.8 Å². The molecule has 0 aliphatic heterocycles. The van der Waals surface area contributed by atoms with E-state index >= 15 is 0 Å². The Morgan fingerprint density at radius 3 is 2.10 bits per heavy atom. The van der Waals surface area contributed by atoms with Gasteiger partial charge in [0, 0.05) is 28.9 Å². The van der Waals surface area contributed by atoms with Crippen LogP contribution >= 0.6 is 0 Å². The van der Waals surface area contributed by atoms with Crippen LogP contribution in [0.2, 0.25) is 0 Å². The Labute approximate surface area is 126 Å². The van der Waals surface area contributed by atoms with Crippen molar-refractivity contribution in [2.45, 2.75) is 46.6 Å². The van der Waals surface area contributed by atoms with Crippen LogP contribution in [0.5, 0.6) is 0 Å². The van der Waals surface area contributed by atoms with Gasteiger partial charge in [-0.15, -0.1) is 0 Å². The molecule has 0 aliphatic rings. The van der Waals surface area contributed by atoms with Crippen LogP contribution in [0.3, 0.4) is 0 Å². The first-order chi connectivity index (χ1) is 9.74. The van der Waals surface area contributed by atoms with Gasteiger partial charge >= 0.3 is 0 Å². The van der Waals surface area contributed by atoms with E-state index in [1.807, 2.05) is 42.7 Å². The zero-order valence-corrected chi connectivity index (χ0v) is 13.5. The van der Waals surface area contributed by atoms with E-state index in [0.717, 1.165) is 22.5 Å². The van der Waals surface area contributed by atoms with E-state index in [1.165, 1.54) is 0 Å². The first-order valence-electron chi connectivity index (χ1n) is 7.28. The number of benzene rings is 1. The molecule has 0 radical (unpaired) electrons. The molecule has 3 nitrogen and oxygen atoms in total. The summed E-state index contributed by atoms with van der Waals surface area (Å²) in [5.74, 6) is 0. The third kappa shape index (κ3) is 3.08. The van der Waals surface area contributed by atoms with Gasteiger partial charge in [0.05, 0.1) is 0 Å². The zero-order chi connectivity index (χ0) is 15.8. The van der Waals surface area contributed by atoms with Crippen molar-refractivity contribution in [1.82, 2.24) is 4.57 Å². The molecule has 0 unspecified atom stereocenters. The normalized spacial score (nSPS) is 11.7. The predicted octanol–water partition coefficient (Wildman–Crippen LogP) is 3.21. The number of hydrogen-bond donors (Lipinski definition) is 1. The third-order valence-electron chi connectivity index (χ3n) is 3.61. The lowest BCUT2D eigenvalue weighted by Crippen LogP contribution is -2.31. The highest BCUT2D eigenvalue weighted by Crippen LogP contribution is 2.24. The molecule has 0 saturated carbocycles. The minimum Gasteiger partial charge on any atom is -0.326 e. The van der Waals surface area contributed by atoms with Gasteiger partial charge in [-0.05, 0) is 43.2 Å². The van der Waals surface area contributed by atoms with E-state index in [4.69, 9.17) is 5.73 Å². The number of nitrogens with zero attached hydrogens (tertiary/aromatic N) is 1. The second-order valence-electron chi connectivity index (χ2n) is 6.68. The average Bonchev–Trinajstić information content (AvgIpc) is 2.35. The molecule has 0 fully saturated rings. The van der Waals surface area contributed by atoms with Gasteiger partial charge in [-0.1, -0.05) is 32.9 Å². The van der Waals surface area contributed by atoms with Crippen LogP contribution in [-0.2, 0) is 12.0 Å². The minimum absolute atomic E-state index is 0.0186. The van der Waals surface area contributed by atoms with Gasteiger partial charge in [0.25, 0.3) is 5.56 Å². The van der Waals surface area contributed by atoms with Crippen molar-refractivity contribution in [3.63, 3.8) is 0 Å². The van der Waals surface area contributed by atoms with Gasteiger partial charge in [0.1, 0.15) is 0 Å². The van der Waals surface area contributed by atoms with E-state index in [0.29, 0.717) is 5.56 Å². The Morgan fingerprint density at radius 1 is 1.05 bits per heavy atom. The van der Waals surface area contributed by atoms with Crippen LogP contribution in [0.4, 0.5) is 0 Å². The summed E-state index contributed by atoms with van der Waals surface area (Å²) in [6, 6.07) is 10.1. The lowest BCUT2D eigenvalue weighted by molar-refractivity contribution is 0.546. The third-order valence-corrected chi connectivity index (χ3v) is 3.61. The smallest absolute Gasteiger partial charge is 0.259 e. The molecule has 112 valence electrons. The summed E-state index contributed by atoms with van der Waals surface area (Å²) in [5.41, 5.74) is 10.4. The molecule has 0 spiro atoms. The first kappa shape index (κ1) is 15.5. The second-order valence-corrected chi connectivity index (χ2v) is 6.68. The fraction of sp³-hybridized carbons (Fsp3) is 0.389. The molecule has 2 rings (SSSR count). The zero-order valence-electron chi connectivity index (χ0n) is 13.5. The highest BCUT2D eigenvalue weighted by molar-refractivity contribution is 5.42. The molecule has 0 saturated heterocycles. The number of hydrogen-bond acceptors (Lipinski definition) is 2. The Kier molecular flexibility index (Phi) is 4.06. The number of rotatable bonds is 2. The summed E-state index contributed by atoms with van der Waals surface area (Å²) < 4.78 is 1.81. The van der Waals surface area contributed by atoms with Crippen molar-refractivity contribution in [3.05, 3.63) is 63.1 Å². The van der Waals surface area contributed by atoms with E-state index in [9.17, 15) is 4.79 Å². The van der Waals surface area contributed by atoms with Crippen molar-refractivity contribution in [1.29, 1.82) is 0 Å². The number of aromatic nitrogens is 1. The fourth-order valence-corrected chi connectivity index (χ4v) is 2.66. The topological polar surface area (TPSA) is 48.0 Å². The molecular weight excluding hydrogens is 260 g/mol. The summed E-state index contributed by atoms with van der Waals surface area (Å²) in [6.07, 6.45) is 0. The summed E-state index contributed by atoms with van der Waals surface area (Å²) >= 11 is 0. The quantitative estimate of drug-likeness (QED) is 0.920. The van der Waals surface area contributed by atoms with Crippen LogP contribution in [0.15, 0.2) is 35.1 Å². The Bertz CT molecular complexity index is 701. The van der Waals surface area contributed by atoms with E-state index < -0.39 is 0 Å². The van der Waals surface area contributed by atoms with Gasteiger partial charge < -0.3 is 5.73 Å². The first-order valence-corrected chi connectivity index (χ1v) is 7.28. The summed E-state index contributed by atoms with van der Waals surface area (Å²) in [6.45, 7) is 10.7. The highest BCUT2D eigenvalue weighted by atomic mass is 16.1. The second kappa shape index (κ2) is 5.49. The van der Waals surface area contributed by atoms with Crippen molar-refractivity contribution in [2.24, 2.45) is 5.73 Å². The van der Waals surface area contributed by atoms with Crippen LogP contribution in [-0.4, -0.2) is 4.57 Å². The molecule has 2 N–H and O–H groups in total. The molecular formula is C18H24N2O. The fourth-order valence-electron chi connectivity index (χ4n) is 2.66. The van der Waals surface area contributed by atoms with Crippen molar-refractivity contribution in [3.8, 4) is 5.69 Å². The van der Waals surface area contributed by atoms with E-state index in [1.54, 1.807) is 0 Å². The molecule has 1 aromatic heterocycles. The minimum atomic E-state index is -0.121. The Hall–Kier alpha value is -1.87. The lowest BCUT2D eigenvalue weighted by atomic mass is 9.90. The predicted molar refractivity (Wildman–Crippen MR) is 88.1 cm³/mol. The van der Waals surface area contributed by atoms with Gasteiger partial charge in [0.2, 0.25) is 0 Å². The van der Waals surface area contributed by atoms with Crippen LogP contribution in [0.25, 0.3) is 5.69 Å². The van der Waals surface area contributed by atoms with Crippen molar-refractivity contribution in [2.75, 3.05) is 0 Å². The van der Waals surface area contributed by atoms with Crippen LogP contribution in [0.1, 0.15) is 43.2 Å². The van der Waals surface area contributed by atoms with Crippen LogP contribution in [0, 0.1) is 13.8 Å². The molecule has 0 amide bonds. The van der Waals surface area contributed by atoms with Gasteiger partial charge in [-0.2, -0.15) is 0 Å². The molecule has 1 heterocycles. The molecule has 0 atom stereocenters. The summed E-state index contributed by atoms with van der Waals surface area (Å²) in [7, 11) is 0. The molecule has 2 aromatic rings. The number of pyridine rings is 1. The molecule has 3 heteroatoms. The largest absolute Gasteiger partial charge is 0.326 e. The molecule has 0 aliphatic carbocycles. The molecule has 1 aromatic carbocycles. The summed E-state index contributed by atoms with van der Waals surface area (Å²) in [4.78, 5) is 12.8. The number of nitrogens with two attached hydrogens (primary N) is 1. The van der Waals surface area contributed by atoms with Crippen molar-refractivity contribution < 1.29 is 0 Å².